The first-order valence-electron chi connectivity index (χ1n) is 6.76. The second kappa shape index (κ2) is 5.09. The number of benzene rings is 1. The molecule has 1 unspecified atom stereocenters. The molecular formula is C14H17NO4S. The molecule has 1 amide bonds. The predicted molar refractivity (Wildman–Crippen MR) is 73.6 cm³/mol. The first-order chi connectivity index (χ1) is 9.53. The Bertz CT molecular complexity index is 579. The van der Waals surface area contributed by atoms with Crippen molar-refractivity contribution < 1.29 is 18.0 Å². The van der Waals surface area contributed by atoms with Gasteiger partial charge in [0.25, 0.3) is 5.91 Å². The molecule has 1 aromatic carbocycles. The number of hydrogen-bond donors (Lipinski definition) is 1. The second-order valence-electron chi connectivity index (χ2n) is 5.65. The van der Waals surface area contributed by atoms with Crippen LogP contribution in [-0.2, 0) is 14.6 Å². The Labute approximate surface area is 118 Å². The van der Waals surface area contributed by atoms with Gasteiger partial charge in [-0.3, -0.25) is 4.79 Å². The minimum absolute atomic E-state index is 0.135. The van der Waals surface area contributed by atoms with Gasteiger partial charge in [-0.2, -0.15) is 5.48 Å². The van der Waals surface area contributed by atoms with Crippen LogP contribution < -0.4 is 10.3 Å². The van der Waals surface area contributed by atoms with E-state index in [1.165, 1.54) is 0 Å². The van der Waals surface area contributed by atoms with E-state index in [4.69, 9.17) is 4.84 Å². The van der Waals surface area contributed by atoms with Gasteiger partial charge in [-0.25, -0.2) is 8.42 Å². The molecule has 0 radical (unpaired) electrons. The summed E-state index contributed by atoms with van der Waals surface area (Å²) in [5.74, 6) is 1.06. The summed E-state index contributed by atoms with van der Waals surface area (Å²) >= 11 is 0. The number of carbonyl (C=O) groups excluding carboxylic acids is 1. The highest BCUT2D eigenvalue weighted by Gasteiger charge is 2.46. The molecule has 1 saturated carbocycles. The second-order valence-corrected chi connectivity index (χ2v) is 7.80. The van der Waals surface area contributed by atoms with E-state index < -0.39 is 9.84 Å². The van der Waals surface area contributed by atoms with Gasteiger partial charge in [0.15, 0.2) is 15.6 Å². The Morgan fingerprint density at radius 3 is 2.30 bits per heavy atom. The molecule has 108 valence electrons. The maximum Gasteiger partial charge on any atom is 0.255 e. The van der Waals surface area contributed by atoms with Gasteiger partial charge < -0.3 is 4.84 Å². The van der Waals surface area contributed by atoms with Crippen molar-refractivity contribution >= 4 is 15.7 Å². The number of hydrogen-bond acceptors (Lipinski definition) is 4. The van der Waals surface area contributed by atoms with Crippen LogP contribution in [0, 0.1) is 17.8 Å². The molecule has 0 bridgehead atoms. The van der Waals surface area contributed by atoms with Gasteiger partial charge in [-0.05, 0) is 36.8 Å². The Kier molecular flexibility index (Phi) is 3.41. The summed E-state index contributed by atoms with van der Waals surface area (Å²) in [7, 11) is -2.87. The van der Waals surface area contributed by atoms with Gasteiger partial charge >= 0.3 is 0 Å². The van der Waals surface area contributed by atoms with E-state index in [0.717, 1.165) is 0 Å². The number of fused-ring (bicyclic) bond motifs is 1. The van der Waals surface area contributed by atoms with Crippen LogP contribution >= 0.6 is 0 Å². The third-order valence-electron chi connectivity index (χ3n) is 4.16. The zero-order valence-corrected chi connectivity index (χ0v) is 11.8. The Morgan fingerprint density at radius 2 is 1.70 bits per heavy atom. The van der Waals surface area contributed by atoms with Crippen LogP contribution in [0.5, 0.6) is 5.75 Å². The minimum Gasteiger partial charge on any atom is -0.380 e. The van der Waals surface area contributed by atoms with Gasteiger partial charge in [-0.1, -0.05) is 18.2 Å². The highest BCUT2D eigenvalue weighted by Crippen LogP contribution is 2.42. The van der Waals surface area contributed by atoms with E-state index in [1.54, 1.807) is 12.1 Å². The van der Waals surface area contributed by atoms with Gasteiger partial charge in [0.05, 0.1) is 11.5 Å². The molecule has 1 saturated heterocycles. The van der Waals surface area contributed by atoms with E-state index in [0.29, 0.717) is 18.6 Å². The fourth-order valence-electron chi connectivity index (χ4n) is 3.24. The molecule has 2 fully saturated rings. The number of rotatable bonds is 3. The van der Waals surface area contributed by atoms with Crippen molar-refractivity contribution in [1.29, 1.82) is 0 Å². The topological polar surface area (TPSA) is 72.5 Å². The monoisotopic (exact) mass is 295 g/mol. The molecular weight excluding hydrogens is 278 g/mol. The van der Waals surface area contributed by atoms with E-state index in [1.807, 2.05) is 18.2 Å². The first-order valence-corrected chi connectivity index (χ1v) is 8.58. The van der Waals surface area contributed by atoms with Crippen LogP contribution in [0.25, 0.3) is 0 Å². The van der Waals surface area contributed by atoms with Crippen LogP contribution in [0.1, 0.15) is 12.8 Å². The summed E-state index contributed by atoms with van der Waals surface area (Å²) in [6, 6.07) is 9.04. The van der Waals surface area contributed by atoms with Gasteiger partial charge in [0, 0.05) is 5.92 Å². The summed E-state index contributed by atoms with van der Waals surface area (Å²) < 4.78 is 23.0. The van der Waals surface area contributed by atoms with E-state index in [9.17, 15) is 13.2 Å². The molecule has 20 heavy (non-hydrogen) atoms. The fourth-order valence-corrected chi connectivity index (χ4v) is 5.49. The lowest BCUT2D eigenvalue weighted by Gasteiger charge is -2.12. The normalized spacial score (nSPS) is 30.7. The predicted octanol–water partition coefficient (Wildman–Crippen LogP) is 1.17. The fraction of sp³-hybridized carbons (Fsp3) is 0.500. The van der Waals surface area contributed by atoms with Crippen LogP contribution in [0.3, 0.4) is 0 Å². The van der Waals surface area contributed by atoms with Crippen molar-refractivity contribution in [3.63, 3.8) is 0 Å². The number of amides is 1. The van der Waals surface area contributed by atoms with Crippen molar-refractivity contribution in [3.8, 4) is 5.75 Å². The highest BCUT2D eigenvalue weighted by molar-refractivity contribution is 7.91. The molecule has 6 heteroatoms. The van der Waals surface area contributed by atoms with Crippen molar-refractivity contribution in [3.05, 3.63) is 30.3 Å². The Balaban J connectivity index is 1.53. The average Bonchev–Trinajstić information content (AvgIpc) is 2.90. The standard InChI is InChI=1S/C14H17NO4S/c16-14(15-19-13-4-2-1-3-5-13)10-6-11-8-20(17,18)9-12(11)7-10/h1-5,10-12H,6-9H2,(H,15,16)/t10?,11-,12+. The molecule has 1 aliphatic heterocycles. The number of sulfone groups is 1. The van der Waals surface area contributed by atoms with E-state index in [2.05, 4.69) is 5.48 Å². The largest absolute Gasteiger partial charge is 0.380 e. The third kappa shape index (κ3) is 2.80. The van der Waals surface area contributed by atoms with Crippen LogP contribution in [0.2, 0.25) is 0 Å². The summed E-state index contributed by atoms with van der Waals surface area (Å²) in [4.78, 5) is 17.3. The van der Waals surface area contributed by atoms with Gasteiger partial charge in [-0.15, -0.1) is 0 Å². The Morgan fingerprint density at radius 1 is 1.10 bits per heavy atom. The molecule has 1 aromatic rings. The number of hydroxylamine groups is 1. The SMILES string of the molecule is O=C(NOc1ccccc1)C1C[C@@H]2CS(=O)(=O)C[C@@H]2C1. The maximum atomic E-state index is 12.0. The average molecular weight is 295 g/mol. The van der Waals surface area contributed by atoms with Crippen molar-refractivity contribution in [2.45, 2.75) is 12.8 Å². The summed E-state index contributed by atoms with van der Waals surface area (Å²) in [6.45, 7) is 0. The number of nitrogens with one attached hydrogen (secondary N) is 1. The van der Waals surface area contributed by atoms with E-state index in [-0.39, 0.29) is 35.2 Å². The lowest BCUT2D eigenvalue weighted by molar-refractivity contribution is -0.131. The highest BCUT2D eigenvalue weighted by atomic mass is 32.2. The van der Waals surface area contributed by atoms with Crippen LogP contribution in [0.4, 0.5) is 0 Å². The molecule has 0 aromatic heterocycles. The molecule has 3 atom stereocenters. The molecule has 1 N–H and O–H groups in total. The molecule has 1 aliphatic carbocycles. The molecule has 2 aliphatic rings. The van der Waals surface area contributed by atoms with Crippen LogP contribution in [-0.4, -0.2) is 25.8 Å². The number of para-hydroxylation sites is 1. The molecule has 1 heterocycles. The zero-order chi connectivity index (χ0) is 14.2. The van der Waals surface area contributed by atoms with Crippen molar-refractivity contribution in [2.75, 3.05) is 11.5 Å². The lowest BCUT2D eigenvalue weighted by Crippen LogP contribution is -2.32. The number of carbonyl (C=O) groups is 1. The van der Waals surface area contributed by atoms with Gasteiger partial charge in [0.2, 0.25) is 0 Å². The summed E-state index contributed by atoms with van der Waals surface area (Å²) in [5, 5.41) is 0. The van der Waals surface area contributed by atoms with Crippen molar-refractivity contribution in [2.24, 2.45) is 17.8 Å². The third-order valence-corrected chi connectivity index (χ3v) is 6.03. The zero-order valence-electron chi connectivity index (χ0n) is 11.0. The molecule has 3 rings (SSSR count). The maximum absolute atomic E-state index is 12.0. The smallest absolute Gasteiger partial charge is 0.255 e. The summed E-state index contributed by atoms with van der Waals surface area (Å²) in [5.41, 5.74) is 2.46. The first kappa shape index (κ1) is 13.4. The van der Waals surface area contributed by atoms with E-state index >= 15 is 0 Å². The molecule has 0 spiro atoms. The quantitative estimate of drug-likeness (QED) is 0.850. The molecule has 5 nitrogen and oxygen atoms in total. The lowest BCUT2D eigenvalue weighted by atomic mass is 10.0. The van der Waals surface area contributed by atoms with Crippen LogP contribution in [0.15, 0.2) is 30.3 Å². The van der Waals surface area contributed by atoms with Crippen molar-refractivity contribution in [1.82, 2.24) is 5.48 Å². The summed E-state index contributed by atoms with van der Waals surface area (Å²) in [6.07, 6.45) is 1.29. The Hall–Kier alpha value is -1.56. The van der Waals surface area contributed by atoms with Gasteiger partial charge in [0.1, 0.15) is 0 Å². The minimum atomic E-state index is -2.87.